The summed E-state index contributed by atoms with van der Waals surface area (Å²) in [7, 11) is 0. The number of hydrogen-bond acceptors (Lipinski definition) is 2. The van der Waals surface area contributed by atoms with Gasteiger partial charge in [-0.25, -0.2) is 0 Å². The number of ether oxygens (including phenoxy) is 2. The first kappa shape index (κ1) is 33.5. The molecule has 0 spiro atoms. The molecule has 0 amide bonds. The average Bonchev–Trinajstić information content (AvgIpc) is 2.87. The number of benzene rings is 2. The third-order valence-electron chi connectivity index (χ3n) is 7.63. The van der Waals surface area contributed by atoms with E-state index in [1.54, 1.807) is 0 Å². The average molecular weight is 532 g/mol. The lowest BCUT2D eigenvalue weighted by Gasteiger charge is -2.58. The van der Waals surface area contributed by atoms with Crippen LogP contribution in [0.1, 0.15) is 92.6 Å². The minimum Gasteiger partial charge on any atom is -1.00 e. The fourth-order valence-electron chi connectivity index (χ4n) is 6.21. The van der Waals surface area contributed by atoms with Crippen LogP contribution in [0, 0.1) is 11.8 Å². The molecule has 3 nitrogen and oxygen atoms in total. The molecule has 4 heteroatoms. The van der Waals surface area contributed by atoms with Gasteiger partial charge in [-0.3, -0.25) is 4.48 Å². The molecule has 0 bridgehead atoms. The Morgan fingerprint density at radius 1 is 0.703 bits per heavy atom. The van der Waals surface area contributed by atoms with Crippen molar-refractivity contribution in [1.82, 2.24) is 0 Å². The quantitative estimate of drug-likeness (QED) is 0.137. The molecule has 37 heavy (non-hydrogen) atoms. The maximum absolute atomic E-state index is 6.76. The second-order valence-corrected chi connectivity index (χ2v) is 11.4. The van der Waals surface area contributed by atoms with Gasteiger partial charge in [0.1, 0.15) is 17.9 Å². The van der Waals surface area contributed by atoms with E-state index >= 15 is 0 Å². The Bertz CT molecular complexity index is 807. The smallest absolute Gasteiger partial charge is 0.191 e. The van der Waals surface area contributed by atoms with E-state index in [0.29, 0.717) is 25.0 Å². The molecule has 0 fully saturated rings. The summed E-state index contributed by atoms with van der Waals surface area (Å²) in [5.41, 5.74) is 1.49. The van der Waals surface area contributed by atoms with Crippen LogP contribution >= 0.6 is 0 Å². The van der Waals surface area contributed by atoms with Crippen molar-refractivity contribution in [2.24, 2.45) is 11.8 Å². The highest BCUT2D eigenvalue weighted by Crippen LogP contribution is 2.48. The summed E-state index contributed by atoms with van der Waals surface area (Å²) >= 11 is 0. The third kappa shape index (κ3) is 9.30. The lowest BCUT2D eigenvalue weighted by Crippen LogP contribution is -3.00. The van der Waals surface area contributed by atoms with Gasteiger partial charge in [-0.2, -0.15) is 0 Å². The van der Waals surface area contributed by atoms with Crippen LogP contribution in [0.5, 0.6) is 5.75 Å². The number of unbranched alkanes of at least 4 members (excludes halogenated alkanes) is 2. The molecule has 2 aromatic carbocycles. The van der Waals surface area contributed by atoms with Gasteiger partial charge in [0.25, 0.3) is 0 Å². The van der Waals surface area contributed by atoms with E-state index < -0.39 is 0 Å². The molecule has 0 aliphatic rings. The van der Waals surface area contributed by atoms with Gasteiger partial charge in [0, 0.05) is 25.3 Å². The molecule has 0 N–H and O–H groups in total. The molecule has 0 saturated carbocycles. The number of nitrogens with zero attached hydrogens (tertiary/aromatic N) is 1. The summed E-state index contributed by atoms with van der Waals surface area (Å²) in [5.74, 6) is 2.10. The first-order valence-corrected chi connectivity index (χ1v) is 14.5. The normalized spacial score (nSPS) is 13.0. The van der Waals surface area contributed by atoms with Crippen LogP contribution in [0.4, 0.5) is 0 Å². The molecular weight excluding hydrogens is 478 g/mol. The van der Waals surface area contributed by atoms with Gasteiger partial charge in [0.05, 0.1) is 19.7 Å². The SMILES string of the molecule is CCCC[N+](CCCC)(C(C)OCCOc1ccccc1)C(CC(C)C)(CC(C)C)c1ccccc1.[Cl-]. The monoisotopic (exact) mass is 531 g/mol. The van der Waals surface area contributed by atoms with Crippen LogP contribution in [0.25, 0.3) is 0 Å². The molecule has 1 unspecified atom stereocenters. The highest BCUT2D eigenvalue weighted by Gasteiger charge is 2.55. The van der Waals surface area contributed by atoms with E-state index in [9.17, 15) is 0 Å². The standard InChI is InChI=1S/C33H54NO2.ClH/c1-8-10-22-34(23-11-9-2,30(7)35-24-25-36-32-20-16-13-17-21-32)33(26-28(3)4,27-29(5)6)31-18-14-12-15-19-31;/h12-21,28-30H,8-11,22-27H2,1-7H3;1H/q+1;/p-1. The second kappa shape index (κ2) is 17.1. The van der Waals surface area contributed by atoms with E-state index in [0.717, 1.165) is 36.2 Å². The van der Waals surface area contributed by atoms with E-state index in [1.807, 2.05) is 30.3 Å². The van der Waals surface area contributed by atoms with Crippen LogP contribution in [0.2, 0.25) is 0 Å². The molecule has 0 heterocycles. The Morgan fingerprint density at radius 2 is 1.19 bits per heavy atom. The second-order valence-electron chi connectivity index (χ2n) is 11.4. The summed E-state index contributed by atoms with van der Waals surface area (Å²) in [4.78, 5) is 0. The Hall–Kier alpha value is -1.55. The molecule has 0 saturated heterocycles. The summed E-state index contributed by atoms with van der Waals surface area (Å²) in [6.07, 6.45) is 7.23. The lowest BCUT2D eigenvalue weighted by atomic mass is 9.72. The minimum atomic E-state index is 0. The van der Waals surface area contributed by atoms with Crippen molar-refractivity contribution in [2.45, 2.75) is 98.8 Å². The highest BCUT2D eigenvalue weighted by molar-refractivity contribution is 5.23. The zero-order valence-electron chi connectivity index (χ0n) is 24.7. The number of quaternary nitrogens is 1. The van der Waals surface area contributed by atoms with Crippen LogP contribution < -0.4 is 17.1 Å². The molecule has 0 aliphatic carbocycles. The van der Waals surface area contributed by atoms with E-state index in [1.165, 1.54) is 31.2 Å². The topological polar surface area (TPSA) is 18.5 Å². The third-order valence-corrected chi connectivity index (χ3v) is 7.63. The van der Waals surface area contributed by atoms with Gasteiger partial charge >= 0.3 is 0 Å². The zero-order valence-corrected chi connectivity index (χ0v) is 25.5. The number of rotatable bonds is 18. The molecule has 210 valence electrons. The highest BCUT2D eigenvalue weighted by atomic mass is 35.5. The molecule has 2 rings (SSSR count). The zero-order chi connectivity index (χ0) is 26.4. The molecule has 1 atom stereocenters. The molecule has 0 radical (unpaired) electrons. The maximum Gasteiger partial charge on any atom is 0.191 e. The fraction of sp³-hybridized carbons (Fsp3) is 0.636. The van der Waals surface area contributed by atoms with Gasteiger partial charge < -0.3 is 21.9 Å². The van der Waals surface area contributed by atoms with Crippen molar-refractivity contribution < 1.29 is 26.4 Å². The van der Waals surface area contributed by atoms with Crippen molar-refractivity contribution in [3.8, 4) is 5.75 Å². The summed E-state index contributed by atoms with van der Waals surface area (Å²) < 4.78 is 13.8. The summed E-state index contributed by atoms with van der Waals surface area (Å²) in [6.45, 7) is 20.0. The predicted octanol–water partition coefficient (Wildman–Crippen LogP) is 5.84. The Balaban J connectivity index is 0.00000684. The van der Waals surface area contributed by atoms with Crippen LogP contribution in [-0.2, 0) is 10.3 Å². The summed E-state index contributed by atoms with van der Waals surface area (Å²) in [5, 5.41) is 0. The summed E-state index contributed by atoms with van der Waals surface area (Å²) in [6, 6.07) is 21.5. The number of hydrogen-bond donors (Lipinski definition) is 0. The minimum absolute atomic E-state index is 0. The Morgan fingerprint density at radius 3 is 1.65 bits per heavy atom. The predicted molar refractivity (Wildman–Crippen MR) is 154 cm³/mol. The lowest BCUT2D eigenvalue weighted by molar-refractivity contribution is -1.02. The number of para-hydroxylation sites is 1. The Kier molecular flexibility index (Phi) is 15.5. The number of halogens is 1. The van der Waals surface area contributed by atoms with Gasteiger partial charge in [0.2, 0.25) is 0 Å². The largest absolute Gasteiger partial charge is 1.00 e. The molecular formula is C33H54ClNO2. The molecule has 0 aromatic heterocycles. The molecule has 0 aliphatic heterocycles. The van der Waals surface area contributed by atoms with Gasteiger partial charge in [-0.1, -0.05) is 103 Å². The van der Waals surface area contributed by atoms with E-state index in [4.69, 9.17) is 9.47 Å². The van der Waals surface area contributed by atoms with Gasteiger partial charge in [-0.05, 0) is 36.8 Å². The van der Waals surface area contributed by atoms with E-state index in [2.05, 4.69) is 78.8 Å². The van der Waals surface area contributed by atoms with Crippen molar-refractivity contribution in [3.63, 3.8) is 0 Å². The van der Waals surface area contributed by atoms with Crippen LogP contribution in [0.3, 0.4) is 0 Å². The maximum atomic E-state index is 6.76. The van der Waals surface area contributed by atoms with Crippen LogP contribution in [-0.4, -0.2) is 37.0 Å². The van der Waals surface area contributed by atoms with E-state index in [-0.39, 0.29) is 24.2 Å². The molecule has 2 aromatic rings. The van der Waals surface area contributed by atoms with Crippen molar-refractivity contribution >= 4 is 0 Å². The Labute approximate surface area is 235 Å². The first-order chi connectivity index (χ1) is 17.3. The van der Waals surface area contributed by atoms with Crippen molar-refractivity contribution in [3.05, 3.63) is 66.2 Å². The van der Waals surface area contributed by atoms with Crippen molar-refractivity contribution in [1.29, 1.82) is 0 Å². The van der Waals surface area contributed by atoms with Crippen molar-refractivity contribution in [2.75, 3.05) is 26.3 Å². The van der Waals surface area contributed by atoms with Crippen LogP contribution in [0.15, 0.2) is 60.7 Å². The van der Waals surface area contributed by atoms with Gasteiger partial charge in [0.15, 0.2) is 6.23 Å². The van der Waals surface area contributed by atoms with Gasteiger partial charge in [-0.15, -0.1) is 0 Å². The first-order valence-electron chi connectivity index (χ1n) is 14.5. The fourth-order valence-corrected chi connectivity index (χ4v) is 6.21.